The molecular weight excluding hydrogens is 287 g/mol. The van der Waals surface area contributed by atoms with Crippen LogP contribution in [0.25, 0.3) is 0 Å². The Morgan fingerprint density at radius 3 is 2.42 bits per heavy atom. The molecule has 98 valence electrons. The van der Waals surface area contributed by atoms with Crippen molar-refractivity contribution in [3.63, 3.8) is 0 Å². The first-order valence-electron chi connectivity index (χ1n) is 5.48. The van der Waals surface area contributed by atoms with E-state index in [1.807, 2.05) is 0 Å². The first-order chi connectivity index (χ1) is 9.06. The largest absolute Gasteiger partial charge is 0.380 e. The van der Waals surface area contributed by atoms with Crippen molar-refractivity contribution in [1.29, 1.82) is 0 Å². The molecule has 0 amide bonds. The molecule has 6 heteroatoms. The minimum atomic E-state index is -0.426. The first-order valence-corrected chi connectivity index (χ1v) is 6.24. The molecule has 0 unspecified atom stereocenters. The van der Waals surface area contributed by atoms with E-state index < -0.39 is 4.92 Å². The van der Waals surface area contributed by atoms with Gasteiger partial charge >= 0.3 is 0 Å². The Morgan fingerprint density at radius 1 is 1.11 bits per heavy atom. The highest BCUT2D eigenvalue weighted by Crippen LogP contribution is 2.26. The first kappa shape index (κ1) is 13.6. The number of hydrogen-bond donors (Lipinski definition) is 1. The molecule has 0 saturated heterocycles. The summed E-state index contributed by atoms with van der Waals surface area (Å²) in [4.78, 5) is 10.1. The summed E-state index contributed by atoms with van der Waals surface area (Å²) >= 11 is 11.9. The van der Waals surface area contributed by atoms with Crippen LogP contribution in [0.3, 0.4) is 0 Å². The molecule has 0 aromatic heterocycles. The van der Waals surface area contributed by atoms with Gasteiger partial charge in [-0.2, -0.15) is 0 Å². The normalized spacial score (nSPS) is 10.2. The van der Waals surface area contributed by atoms with Crippen LogP contribution in [0.1, 0.15) is 5.56 Å². The molecule has 0 aliphatic carbocycles. The van der Waals surface area contributed by atoms with E-state index in [-0.39, 0.29) is 5.69 Å². The highest BCUT2D eigenvalue weighted by molar-refractivity contribution is 6.35. The fraction of sp³-hybridized carbons (Fsp3) is 0.0769. The van der Waals surface area contributed by atoms with Crippen molar-refractivity contribution in [2.75, 3.05) is 5.32 Å². The Kier molecular flexibility index (Phi) is 4.24. The second-order valence-electron chi connectivity index (χ2n) is 3.90. The smallest absolute Gasteiger partial charge is 0.269 e. The summed E-state index contributed by atoms with van der Waals surface area (Å²) in [7, 11) is 0. The minimum absolute atomic E-state index is 0.0736. The molecule has 0 aliphatic heterocycles. The molecule has 0 radical (unpaired) electrons. The van der Waals surface area contributed by atoms with E-state index in [1.165, 1.54) is 12.1 Å². The molecule has 4 nitrogen and oxygen atoms in total. The van der Waals surface area contributed by atoms with E-state index in [4.69, 9.17) is 23.2 Å². The van der Waals surface area contributed by atoms with E-state index in [1.54, 1.807) is 30.3 Å². The number of benzene rings is 2. The number of halogens is 2. The predicted molar refractivity (Wildman–Crippen MR) is 76.9 cm³/mol. The van der Waals surface area contributed by atoms with Crippen molar-refractivity contribution in [3.05, 3.63) is 68.2 Å². The lowest BCUT2D eigenvalue weighted by molar-refractivity contribution is -0.384. The van der Waals surface area contributed by atoms with Gasteiger partial charge in [0.15, 0.2) is 0 Å². The molecule has 0 bridgehead atoms. The van der Waals surface area contributed by atoms with Crippen LogP contribution in [0.4, 0.5) is 11.4 Å². The topological polar surface area (TPSA) is 55.2 Å². The zero-order valence-corrected chi connectivity index (χ0v) is 11.3. The fourth-order valence-corrected chi connectivity index (χ4v) is 1.92. The molecule has 19 heavy (non-hydrogen) atoms. The summed E-state index contributed by atoms with van der Waals surface area (Å²) in [5.41, 5.74) is 1.72. The van der Waals surface area contributed by atoms with Gasteiger partial charge in [-0.1, -0.05) is 35.3 Å². The zero-order valence-electron chi connectivity index (χ0n) is 9.77. The van der Waals surface area contributed by atoms with Gasteiger partial charge in [0.25, 0.3) is 5.69 Å². The van der Waals surface area contributed by atoms with Crippen LogP contribution in [0.15, 0.2) is 42.5 Å². The Labute approximate surface area is 120 Å². The quantitative estimate of drug-likeness (QED) is 0.667. The van der Waals surface area contributed by atoms with Crippen molar-refractivity contribution in [3.8, 4) is 0 Å². The monoisotopic (exact) mass is 296 g/mol. The fourth-order valence-electron chi connectivity index (χ4n) is 1.57. The SMILES string of the molecule is O=[N+]([O-])c1ccc(CNc2cc(Cl)ccc2Cl)cc1. The summed E-state index contributed by atoms with van der Waals surface area (Å²) in [6.45, 7) is 0.512. The van der Waals surface area contributed by atoms with E-state index >= 15 is 0 Å². The van der Waals surface area contributed by atoms with Gasteiger partial charge < -0.3 is 5.32 Å². The maximum atomic E-state index is 10.5. The van der Waals surface area contributed by atoms with Gasteiger partial charge in [0, 0.05) is 23.7 Å². The maximum Gasteiger partial charge on any atom is 0.269 e. The number of nitrogens with one attached hydrogen (secondary N) is 1. The van der Waals surface area contributed by atoms with Gasteiger partial charge in [-0.05, 0) is 23.8 Å². The second-order valence-corrected chi connectivity index (χ2v) is 4.74. The third kappa shape index (κ3) is 3.59. The molecule has 2 aromatic rings. The highest BCUT2D eigenvalue weighted by atomic mass is 35.5. The second kappa shape index (κ2) is 5.91. The molecule has 0 atom stereocenters. The van der Waals surface area contributed by atoms with Crippen LogP contribution in [0, 0.1) is 10.1 Å². The van der Waals surface area contributed by atoms with Gasteiger partial charge in [-0.15, -0.1) is 0 Å². The van der Waals surface area contributed by atoms with Crippen molar-refractivity contribution >= 4 is 34.6 Å². The number of rotatable bonds is 4. The van der Waals surface area contributed by atoms with Crippen LogP contribution in [0.2, 0.25) is 10.0 Å². The number of nitrogens with zero attached hydrogens (tertiary/aromatic N) is 1. The molecular formula is C13H10Cl2N2O2. The van der Waals surface area contributed by atoms with E-state index in [2.05, 4.69) is 5.32 Å². The van der Waals surface area contributed by atoms with Crippen LogP contribution >= 0.6 is 23.2 Å². The van der Waals surface area contributed by atoms with Crippen molar-refractivity contribution < 1.29 is 4.92 Å². The Bertz CT molecular complexity index is 600. The summed E-state index contributed by atoms with van der Waals surface area (Å²) in [6, 6.07) is 11.5. The number of hydrogen-bond acceptors (Lipinski definition) is 3. The number of nitro groups is 1. The summed E-state index contributed by atoms with van der Waals surface area (Å²) in [5, 5.41) is 14.8. The Balaban J connectivity index is 2.06. The van der Waals surface area contributed by atoms with Gasteiger partial charge in [0.1, 0.15) is 0 Å². The third-order valence-corrected chi connectivity index (χ3v) is 3.12. The van der Waals surface area contributed by atoms with E-state index in [9.17, 15) is 10.1 Å². The highest BCUT2D eigenvalue weighted by Gasteiger charge is 2.05. The third-order valence-electron chi connectivity index (χ3n) is 2.56. The van der Waals surface area contributed by atoms with E-state index in [0.717, 1.165) is 11.3 Å². The van der Waals surface area contributed by atoms with Gasteiger partial charge in [-0.3, -0.25) is 10.1 Å². The molecule has 0 fully saturated rings. The van der Waals surface area contributed by atoms with Crippen LogP contribution < -0.4 is 5.32 Å². The average molecular weight is 297 g/mol. The zero-order chi connectivity index (χ0) is 13.8. The number of non-ortho nitro benzene ring substituents is 1. The summed E-state index contributed by atoms with van der Waals surface area (Å²) < 4.78 is 0. The lowest BCUT2D eigenvalue weighted by Gasteiger charge is -2.08. The molecule has 0 heterocycles. The van der Waals surface area contributed by atoms with Crippen molar-refractivity contribution in [2.24, 2.45) is 0 Å². The molecule has 2 aromatic carbocycles. The molecule has 0 aliphatic rings. The Morgan fingerprint density at radius 2 is 1.79 bits per heavy atom. The summed E-state index contributed by atoms with van der Waals surface area (Å²) in [5.74, 6) is 0. The van der Waals surface area contributed by atoms with Gasteiger partial charge in [0.05, 0.1) is 15.6 Å². The molecule has 0 saturated carbocycles. The lowest BCUT2D eigenvalue weighted by atomic mass is 10.2. The van der Waals surface area contributed by atoms with Crippen molar-refractivity contribution in [1.82, 2.24) is 0 Å². The predicted octanol–water partition coefficient (Wildman–Crippen LogP) is 4.51. The van der Waals surface area contributed by atoms with Crippen molar-refractivity contribution in [2.45, 2.75) is 6.54 Å². The maximum absolute atomic E-state index is 10.5. The number of anilines is 1. The lowest BCUT2D eigenvalue weighted by Crippen LogP contribution is -2.00. The number of nitro benzene ring substituents is 1. The minimum Gasteiger partial charge on any atom is -0.380 e. The molecule has 2 rings (SSSR count). The summed E-state index contributed by atoms with van der Waals surface area (Å²) in [6.07, 6.45) is 0. The van der Waals surface area contributed by atoms with Crippen LogP contribution in [-0.2, 0) is 6.54 Å². The molecule has 1 N–H and O–H groups in total. The average Bonchev–Trinajstić information content (AvgIpc) is 2.40. The van der Waals surface area contributed by atoms with E-state index in [0.29, 0.717) is 16.6 Å². The standard InChI is InChI=1S/C13H10Cl2N2O2/c14-10-3-6-12(15)13(7-10)16-8-9-1-4-11(5-2-9)17(18)19/h1-7,16H,8H2. The van der Waals surface area contributed by atoms with Crippen LogP contribution in [0.5, 0.6) is 0 Å². The Hall–Kier alpha value is -1.78. The van der Waals surface area contributed by atoms with Gasteiger partial charge in [-0.25, -0.2) is 0 Å². The van der Waals surface area contributed by atoms with Crippen LogP contribution in [-0.4, -0.2) is 4.92 Å². The molecule has 0 spiro atoms. The van der Waals surface area contributed by atoms with Gasteiger partial charge in [0.2, 0.25) is 0 Å².